The number of benzene rings is 1. The summed E-state index contributed by atoms with van der Waals surface area (Å²) in [6.07, 6.45) is 3.38. The van der Waals surface area contributed by atoms with Crippen molar-refractivity contribution in [1.82, 2.24) is 14.6 Å². The van der Waals surface area contributed by atoms with Gasteiger partial charge in [0.15, 0.2) is 5.65 Å². The molecule has 0 saturated heterocycles. The second-order valence-corrected chi connectivity index (χ2v) is 4.62. The number of hydrogen-bond acceptors (Lipinski definition) is 3. The molecule has 0 aliphatic heterocycles. The lowest BCUT2D eigenvalue weighted by molar-refractivity contribution is -0.130. The Bertz CT molecular complexity index is 835. The number of nitrogens with zero attached hydrogens (tertiary/aromatic N) is 3. The molecule has 1 aromatic carbocycles. The molecule has 0 aliphatic carbocycles. The SMILES string of the molecule is CC(=C(C(=O)O)c1ccccc1)c1ccc2nccn2n1. The first-order valence-electron chi connectivity index (χ1n) is 6.47. The fourth-order valence-electron chi connectivity index (χ4n) is 2.25. The molecule has 2 aromatic heterocycles. The van der Waals surface area contributed by atoms with Crippen LogP contribution in [0.4, 0.5) is 0 Å². The Balaban J connectivity index is 2.18. The van der Waals surface area contributed by atoms with Crippen LogP contribution in [0.25, 0.3) is 16.8 Å². The van der Waals surface area contributed by atoms with Crippen LogP contribution in [0.15, 0.2) is 54.9 Å². The van der Waals surface area contributed by atoms with Crippen LogP contribution in [0.1, 0.15) is 18.2 Å². The number of hydrogen-bond donors (Lipinski definition) is 1. The van der Waals surface area contributed by atoms with E-state index < -0.39 is 5.97 Å². The lowest BCUT2D eigenvalue weighted by Gasteiger charge is -2.08. The predicted octanol–water partition coefficient (Wildman–Crippen LogP) is 2.74. The molecule has 0 spiro atoms. The van der Waals surface area contributed by atoms with E-state index in [4.69, 9.17) is 0 Å². The predicted molar refractivity (Wildman–Crippen MR) is 79.6 cm³/mol. The summed E-state index contributed by atoms with van der Waals surface area (Å²) in [7, 11) is 0. The molecule has 3 aromatic rings. The minimum Gasteiger partial charge on any atom is -0.478 e. The summed E-state index contributed by atoms with van der Waals surface area (Å²) >= 11 is 0. The monoisotopic (exact) mass is 279 g/mol. The highest BCUT2D eigenvalue weighted by Gasteiger charge is 2.16. The van der Waals surface area contributed by atoms with Crippen LogP contribution in [0.2, 0.25) is 0 Å². The molecule has 5 nitrogen and oxygen atoms in total. The first-order valence-corrected chi connectivity index (χ1v) is 6.47. The first-order chi connectivity index (χ1) is 10.2. The highest BCUT2D eigenvalue weighted by Crippen LogP contribution is 2.25. The van der Waals surface area contributed by atoms with Crippen LogP contribution in [-0.2, 0) is 4.79 Å². The summed E-state index contributed by atoms with van der Waals surface area (Å²) in [6.45, 7) is 1.77. The summed E-state index contributed by atoms with van der Waals surface area (Å²) < 4.78 is 1.63. The molecule has 0 radical (unpaired) electrons. The number of imidazole rings is 1. The standard InChI is InChI=1S/C16H13N3O2/c1-11(13-7-8-14-17-9-10-19(14)18-13)15(16(20)21)12-5-3-2-4-6-12/h2-10H,1H3,(H,20,21). The smallest absolute Gasteiger partial charge is 0.336 e. The number of allylic oxidation sites excluding steroid dienone is 1. The number of aliphatic carboxylic acids is 1. The Kier molecular flexibility index (Phi) is 3.23. The van der Waals surface area contributed by atoms with Gasteiger partial charge in [0, 0.05) is 12.4 Å². The molecule has 0 saturated carbocycles. The molecule has 0 bridgehead atoms. The molecular formula is C16H13N3O2. The average Bonchev–Trinajstić information content (AvgIpc) is 2.95. The largest absolute Gasteiger partial charge is 0.478 e. The van der Waals surface area contributed by atoms with Crippen molar-refractivity contribution in [1.29, 1.82) is 0 Å². The third-order valence-corrected chi connectivity index (χ3v) is 3.29. The van der Waals surface area contributed by atoms with E-state index in [1.807, 2.05) is 24.3 Å². The van der Waals surface area contributed by atoms with Crippen molar-refractivity contribution in [3.05, 3.63) is 66.1 Å². The normalized spacial score (nSPS) is 12.2. The Labute approximate surface area is 121 Å². The second-order valence-electron chi connectivity index (χ2n) is 4.62. The van der Waals surface area contributed by atoms with Gasteiger partial charge >= 0.3 is 5.97 Å². The van der Waals surface area contributed by atoms with Gasteiger partial charge in [-0.3, -0.25) is 0 Å². The van der Waals surface area contributed by atoms with E-state index in [0.717, 1.165) is 5.65 Å². The van der Waals surface area contributed by atoms with Gasteiger partial charge in [0.05, 0.1) is 11.3 Å². The maximum absolute atomic E-state index is 11.6. The van der Waals surface area contributed by atoms with Crippen LogP contribution in [0.5, 0.6) is 0 Å². The third kappa shape index (κ3) is 2.41. The fraction of sp³-hybridized carbons (Fsp3) is 0.0625. The number of aromatic nitrogens is 3. The summed E-state index contributed by atoms with van der Waals surface area (Å²) in [5.74, 6) is -0.966. The van der Waals surface area contributed by atoms with Crippen LogP contribution in [-0.4, -0.2) is 25.7 Å². The summed E-state index contributed by atoms with van der Waals surface area (Å²) in [4.78, 5) is 15.7. The number of rotatable bonds is 3. The molecule has 21 heavy (non-hydrogen) atoms. The molecule has 3 rings (SSSR count). The van der Waals surface area contributed by atoms with E-state index in [9.17, 15) is 9.90 Å². The van der Waals surface area contributed by atoms with Crippen LogP contribution < -0.4 is 0 Å². The van der Waals surface area contributed by atoms with E-state index in [2.05, 4.69) is 10.1 Å². The fourth-order valence-corrected chi connectivity index (χ4v) is 2.25. The minimum absolute atomic E-state index is 0.252. The summed E-state index contributed by atoms with van der Waals surface area (Å²) in [5, 5.41) is 13.9. The Morgan fingerprint density at radius 2 is 1.90 bits per heavy atom. The van der Waals surface area contributed by atoms with Crippen molar-refractivity contribution < 1.29 is 9.90 Å². The zero-order valence-corrected chi connectivity index (χ0v) is 11.4. The van der Waals surface area contributed by atoms with Crippen molar-refractivity contribution in [2.24, 2.45) is 0 Å². The summed E-state index contributed by atoms with van der Waals surface area (Å²) in [6, 6.07) is 12.6. The molecule has 0 fully saturated rings. The zero-order valence-electron chi connectivity index (χ0n) is 11.4. The van der Waals surface area contributed by atoms with Crippen molar-refractivity contribution in [2.45, 2.75) is 6.92 Å². The molecule has 5 heteroatoms. The second kappa shape index (κ2) is 5.20. The number of fused-ring (bicyclic) bond motifs is 1. The third-order valence-electron chi connectivity index (χ3n) is 3.29. The Morgan fingerprint density at radius 3 is 2.62 bits per heavy atom. The lowest BCUT2D eigenvalue weighted by Crippen LogP contribution is -2.04. The van der Waals surface area contributed by atoms with Crippen molar-refractivity contribution >= 4 is 22.8 Å². The summed E-state index contributed by atoms with van der Waals surface area (Å²) in [5.41, 5.74) is 2.87. The topological polar surface area (TPSA) is 67.5 Å². The Hall–Kier alpha value is -2.95. The highest BCUT2D eigenvalue weighted by atomic mass is 16.4. The van der Waals surface area contributed by atoms with Gasteiger partial charge in [0.25, 0.3) is 0 Å². The van der Waals surface area contributed by atoms with Crippen molar-refractivity contribution in [3.8, 4) is 0 Å². The van der Waals surface area contributed by atoms with Gasteiger partial charge in [-0.2, -0.15) is 5.10 Å². The van der Waals surface area contributed by atoms with E-state index in [0.29, 0.717) is 16.8 Å². The van der Waals surface area contributed by atoms with E-state index in [1.165, 1.54) is 0 Å². The molecule has 0 aliphatic rings. The number of carbonyl (C=O) groups is 1. The molecular weight excluding hydrogens is 266 g/mol. The maximum atomic E-state index is 11.6. The number of carboxylic acids is 1. The van der Waals surface area contributed by atoms with Gasteiger partial charge in [-0.1, -0.05) is 30.3 Å². The van der Waals surface area contributed by atoms with E-state index >= 15 is 0 Å². The van der Waals surface area contributed by atoms with Gasteiger partial charge in [0.2, 0.25) is 0 Å². The van der Waals surface area contributed by atoms with E-state index in [1.54, 1.807) is 42.0 Å². The molecule has 2 heterocycles. The lowest BCUT2D eigenvalue weighted by atomic mass is 9.99. The maximum Gasteiger partial charge on any atom is 0.336 e. The Morgan fingerprint density at radius 1 is 1.14 bits per heavy atom. The van der Waals surface area contributed by atoms with Crippen LogP contribution in [0.3, 0.4) is 0 Å². The highest BCUT2D eigenvalue weighted by molar-refractivity contribution is 6.23. The minimum atomic E-state index is -0.966. The average molecular weight is 279 g/mol. The quantitative estimate of drug-likeness (QED) is 0.748. The van der Waals surface area contributed by atoms with Crippen LogP contribution >= 0.6 is 0 Å². The number of carboxylic acid groups (broad SMARTS) is 1. The molecule has 0 atom stereocenters. The van der Waals surface area contributed by atoms with Gasteiger partial charge in [-0.25, -0.2) is 14.3 Å². The van der Waals surface area contributed by atoms with Gasteiger partial charge in [-0.15, -0.1) is 0 Å². The van der Waals surface area contributed by atoms with Gasteiger partial charge < -0.3 is 5.11 Å². The van der Waals surface area contributed by atoms with Crippen LogP contribution in [0, 0.1) is 0 Å². The molecule has 104 valence electrons. The van der Waals surface area contributed by atoms with Gasteiger partial charge in [0.1, 0.15) is 0 Å². The van der Waals surface area contributed by atoms with Crippen molar-refractivity contribution in [3.63, 3.8) is 0 Å². The zero-order chi connectivity index (χ0) is 14.8. The molecule has 0 unspecified atom stereocenters. The first kappa shape index (κ1) is 13.1. The van der Waals surface area contributed by atoms with Crippen molar-refractivity contribution in [2.75, 3.05) is 0 Å². The molecule has 1 N–H and O–H groups in total. The molecule has 0 amide bonds. The van der Waals surface area contributed by atoms with Gasteiger partial charge in [-0.05, 0) is 30.2 Å². The van der Waals surface area contributed by atoms with E-state index in [-0.39, 0.29) is 5.57 Å².